The Morgan fingerprint density at radius 3 is 2.50 bits per heavy atom. The summed E-state index contributed by atoms with van der Waals surface area (Å²) in [7, 11) is 0. The molecule has 0 aliphatic heterocycles. The third-order valence-electron chi connectivity index (χ3n) is 2.43. The van der Waals surface area contributed by atoms with Crippen molar-refractivity contribution in [2.24, 2.45) is 0 Å². The van der Waals surface area contributed by atoms with Gasteiger partial charge in [0.25, 0.3) is 0 Å². The standard InChI is InChI=1S/C12H14N3.Ga/c1-12(2,3)11-8-10(14-15-11)9-6-4-5-7-13-9;/h4-8H,1-3H3;/q-1;+1. The third-order valence-corrected chi connectivity index (χ3v) is 3.26. The van der Waals surface area contributed by atoms with E-state index in [1.54, 1.807) is 0 Å². The number of hydrogen-bond donors (Lipinski definition) is 0. The van der Waals surface area contributed by atoms with E-state index in [0.717, 1.165) is 17.1 Å². The molecule has 2 heterocycles. The molecule has 0 aromatic carbocycles. The molecule has 0 bridgehead atoms. The van der Waals surface area contributed by atoms with E-state index in [9.17, 15) is 0 Å². The molecule has 0 saturated heterocycles. The van der Waals surface area contributed by atoms with Crippen LogP contribution in [0, 0.1) is 0 Å². The molecule has 2 rings (SSSR count). The molecule has 0 spiro atoms. The molecular formula is C12H14GaN3. The molecule has 0 fully saturated rings. The van der Waals surface area contributed by atoms with E-state index in [2.05, 4.69) is 36.9 Å². The number of rotatable bonds is 1. The molecule has 2 radical (unpaired) electrons. The fraction of sp³-hybridized carbons (Fsp3) is 0.333. The van der Waals surface area contributed by atoms with Crippen molar-refractivity contribution in [3.8, 4) is 11.4 Å². The van der Waals surface area contributed by atoms with Crippen LogP contribution < -0.4 is 0 Å². The minimum absolute atomic E-state index is 0.0842. The molecule has 80 valence electrons. The van der Waals surface area contributed by atoms with Gasteiger partial charge >= 0.3 is 106 Å². The quantitative estimate of drug-likeness (QED) is 0.743. The summed E-state index contributed by atoms with van der Waals surface area (Å²) in [5, 5.41) is 4.56. The van der Waals surface area contributed by atoms with E-state index in [4.69, 9.17) is 0 Å². The van der Waals surface area contributed by atoms with Gasteiger partial charge in [-0.3, -0.25) is 0 Å². The average molecular weight is 270 g/mol. The van der Waals surface area contributed by atoms with Gasteiger partial charge in [-0.15, -0.1) is 0 Å². The summed E-state index contributed by atoms with van der Waals surface area (Å²) in [6.45, 7) is 6.51. The number of pyridine rings is 1. The van der Waals surface area contributed by atoms with Gasteiger partial charge in [-0.05, 0) is 0 Å². The minimum atomic E-state index is 0.0842. The first kappa shape index (κ1) is 11.5. The van der Waals surface area contributed by atoms with Crippen LogP contribution in [0.4, 0.5) is 0 Å². The van der Waals surface area contributed by atoms with Gasteiger partial charge in [-0.2, -0.15) is 0 Å². The van der Waals surface area contributed by atoms with Crippen LogP contribution in [0.15, 0.2) is 30.5 Å². The van der Waals surface area contributed by atoms with Crippen molar-refractivity contribution in [2.45, 2.75) is 26.2 Å². The number of hydrogen-bond acceptors (Lipinski definition) is 2. The van der Waals surface area contributed by atoms with Crippen molar-refractivity contribution in [2.75, 3.05) is 0 Å². The summed E-state index contributed by atoms with van der Waals surface area (Å²) in [6.07, 6.45) is 1.81. The Hall–Kier alpha value is -1.00. The Balaban J connectivity index is 2.48. The maximum absolute atomic E-state index is 4.56. The fourth-order valence-corrected chi connectivity index (χ4v) is 2.16. The molecule has 0 saturated carbocycles. The number of nitrogens with zero attached hydrogens (tertiary/aromatic N) is 3. The molecule has 0 aliphatic rings. The van der Waals surface area contributed by atoms with Gasteiger partial charge in [0.1, 0.15) is 0 Å². The van der Waals surface area contributed by atoms with Crippen LogP contribution in [0.5, 0.6) is 0 Å². The van der Waals surface area contributed by atoms with Gasteiger partial charge in [-0.1, -0.05) is 0 Å². The zero-order valence-electron chi connectivity index (χ0n) is 9.81. The SMILES string of the molecule is CC(C)(C)c1cc(-c2ccccn2)[n]([Ga])n1. The van der Waals surface area contributed by atoms with Crippen molar-refractivity contribution < 1.29 is 0 Å². The van der Waals surface area contributed by atoms with Crippen LogP contribution in [-0.2, 0) is 5.41 Å². The van der Waals surface area contributed by atoms with Crippen LogP contribution >= 0.6 is 0 Å². The zero-order valence-corrected chi connectivity index (χ0v) is 12.2. The van der Waals surface area contributed by atoms with Crippen LogP contribution in [0.1, 0.15) is 26.5 Å². The predicted molar refractivity (Wildman–Crippen MR) is 65.3 cm³/mol. The topological polar surface area (TPSA) is 30.7 Å². The monoisotopic (exact) mass is 269 g/mol. The summed E-state index contributed by atoms with van der Waals surface area (Å²) >= 11 is 1.47. The van der Waals surface area contributed by atoms with Gasteiger partial charge in [0.2, 0.25) is 0 Å². The summed E-state index contributed by atoms with van der Waals surface area (Å²) in [5.41, 5.74) is 3.26. The van der Waals surface area contributed by atoms with E-state index in [1.165, 1.54) is 18.8 Å². The van der Waals surface area contributed by atoms with Crippen molar-refractivity contribution in [1.82, 2.24) is 13.5 Å². The van der Waals surface area contributed by atoms with E-state index < -0.39 is 0 Å². The van der Waals surface area contributed by atoms with Crippen LogP contribution in [0.2, 0.25) is 0 Å². The fourth-order valence-electron chi connectivity index (χ4n) is 1.47. The van der Waals surface area contributed by atoms with Crippen LogP contribution in [0.3, 0.4) is 0 Å². The first-order valence-corrected chi connectivity index (χ1v) is 6.34. The molecule has 2 aromatic heterocycles. The molecule has 0 amide bonds. The van der Waals surface area contributed by atoms with E-state index in [-0.39, 0.29) is 5.41 Å². The van der Waals surface area contributed by atoms with Crippen molar-refractivity contribution in [3.05, 3.63) is 36.2 Å². The molecule has 0 atom stereocenters. The summed E-state index contributed by atoms with van der Waals surface area (Å²) < 4.78 is 1.95. The van der Waals surface area contributed by atoms with Gasteiger partial charge in [0.05, 0.1) is 0 Å². The van der Waals surface area contributed by atoms with Crippen molar-refractivity contribution in [1.29, 1.82) is 0 Å². The van der Waals surface area contributed by atoms with Crippen molar-refractivity contribution in [3.63, 3.8) is 0 Å². The Bertz CT molecular complexity index is 483. The molecule has 0 unspecified atom stereocenters. The first-order valence-electron chi connectivity index (χ1n) is 5.25. The molecule has 2 aromatic rings. The van der Waals surface area contributed by atoms with Crippen LogP contribution in [0.25, 0.3) is 11.4 Å². The Morgan fingerprint density at radius 1 is 1.25 bits per heavy atom. The maximum atomic E-state index is 4.56. The summed E-state index contributed by atoms with van der Waals surface area (Å²) in [6, 6.07) is 8.07. The van der Waals surface area contributed by atoms with Crippen molar-refractivity contribution >= 4 is 18.8 Å². The predicted octanol–water partition coefficient (Wildman–Crippen LogP) is 2.17. The second kappa shape index (κ2) is 4.11. The Kier molecular flexibility index (Phi) is 2.95. The molecular weight excluding hydrogens is 256 g/mol. The first-order chi connectivity index (χ1) is 7.48. The van der Waals surface area contributed by atoms with Gasteiger partial charge < -0.3 is 0 Å². The molecule has 16 heavy (non-hydrogen) atoms. The van der Waals surface area contributed by atoms with Gasteiger partial charge in [0.15, 0.2) is 0 Å². The second-order valence-corrected chi connectivity index (χ2v) is 5.85. The molecule has 4 heteroatoms. The van der Waals surface area contributed by atoms with Gasteiger partial charge in [0, 0.05) is 0 Å². The third kappa shape index (κ3) is 2.22. The summed E-state index contributed by atoms with van der Waals surface area (Å²) in [4.78, 5) is 4.35. The number of aromatic nitrogens is 3. The molecule has 0 N–H and O–H groups in total. The van der Waals surface area contributed by atoms with E-state index >= 15 is 0 Å². The molecule has 0 aliphatic carbocycles. The Labute approximate surface area is 106 Å². The normalized spacial score (nSPS) is 11.7. The van der Waals surface area contributed by atoms with E-state index in [1.807, 2.05) is 27.8 Å². The summed E-state index contributed by atoms with van der Waals surface area (Å²) in [5.74, 6) is 0. The van der Waals surface area contributed by atoms with E-state index in [0.29, 0.717) is 0 Å². The molecule has 3 nitrogen and oxygen atoms in total. The average Bonchev–Trinajstić information content (AvgIpc) is 2.61. The van der Waals surface area contributed by atoms with Crippen LogP contribution in [-0.4, -0.2) is 32.3 Å². The van der Waals surface area contributed by atoms with Gasteiger partial charge in [-0.25, -0.2) is 0 Å². The zero-order chi connectivity index (χ0) is 11.8. The second-order valence-electron chi connectivity index (χ2n) is 4.82. The Morgan fingerprint density at radius 2 is 2.00 bits per heavy atom.